The van der Waals surface area contributed by atoms with Crippen LogP contribution in [0, 0.1) is 0 Å². The monoisotopic (exact) mass is 259 g/mol. The molecule has 0 saturated heterocycles. The lowest BCUT2D eigenvalue weighted by atomic mass is 10.1. The van der Waals surface area contributed by atoms with E-state index in [-0.39, 0.29) is 11.9 Å². The van der Waals surface area contributed by atoms with E-state index in [1.54, 1.807) is 18.1 Å². The molecule has 0 bridgehead atoms. The van der Waals surface area contributed by atoms with Crippen molar-refractivity contribution in [1.29, 1.82) is 0 Å². The largest absolute Gasteiger partial charge is 0.466 e. The number of rotatable bonds is 5. The van der Waals surface area contributed by atoms with Gasteiger partial charge in [-0.15, -0.1) is 0 Å². The van der Waals surface area contributed by atoms with Gasteiger partial charge in [-0.25, -0.2) is 0 Å². The maximum atomic E-state index is 11.2. The Balaban J connectivity index is 1.84. The van der Waals surface area contributed by atoms with Gasteiger partial charge in [0.25, 0.3) is 0 Å². The summed E-state index contributed by atoms with van der Waals surface area (Å²) in [4.78, 5) is 15.5. The molecule has 1 atom stereocenters. The second-order valence-corrected chi connectivity index (χ2v) is 4.10. The van der Waals surface area contributed by atoms with E-state index in [0.29, 0.717) is 19.6 Å². The van der Waals surface area contributed by atoms with Crippen molar-refractivity contribution in [3.63, 3.8) is 0 Å². The average molecular weight is 259 g/mol. The Bertz CT molecular complexity index is 457. The van der Waals surface area contributed by atoms with E-state index in [0.717, 1.165) is 5.69 Å². The second kappa shape index (κ2) is 6.68. The van der Waals surface area contributed by atoms with Crippen LogP contribution in [0.15, 0.2) is 41.8 Å². The predicted molar refractivity (Wildman–Crippen MR) is 72.6 cm³/mol. The van der Waals surface area contributed by atoms with Crippen molar-refractivity contribution in [2.75, 3.05) is 13.2 Å². The summed E-state index contributed by atoms with van der Waals surface area (Å²) in [7, 11) is 0. The van der Waals surface area contributed by atoms with Crippen LogP contribution in [0.25, 0.3) is 0 Å². The van der Waals surface area contributed by atoms with E-state index in [4.69, 9.17) is 4.74 Å². The van der Waals surface area contributed by atoms with Gasteiger partial charge in [-0.1, -0.05) is 12.1 Å². The summed E-state index contributed by atoms with van der Waals surface area (Å²) in [6.45, 7) is 2.74. The summed E-state index contributed by atoms with van der Waals surface area (Å²) in [6, 6.07) is 5.81. The number of esters is 1. The lowest BCUT2D eigenvalue weighted by molar-refractivity contribution is -0.143. The van der Waals surface area contributed by atoms with Gasteiger partial charge < -0.3 is 4.74 Å². The van der Waals surface area contributed by atoms with Gasteiger partial charge in [0, 0.05) is 18.6 Å². The van der Waals surface area contributed by atoms with Crippen LogP contribution in [-0.4, -0.2) is 35.3 Å². The molecular formula is C14H17N3O2. The van der Waals surface area contributed by atoms with Crippen LogP contribution in [0.2, 0.25) is 0 Å². The number of aromatic nitrogens is 1. The molecule has 0 saturated carbocycles. The Morgan fingerprint density at radius 3 is 3.00 bits per heavy atom. The van der Waals surface area contributed by atoms with Gasteiger partial charge in [0.1, 0.15) is 0 Å². The fourth-order valence-corrected chi connectivity index (χ4v) is 1.76. The normalized spacial score (nSPS) is 17.5. The Kier molecular flexibility index (Phi) is 4.66. The van der Waals surface area contributed by atoms with Crippen LogP contribution < -0.4 is 0 Å². The maximum absolute atomic E-state index is 11.2. The minimum absolute atomic E-state index is 0.0973. The summed E-state index contributed by atoms with van der Waals surface area (Å²) in [5, 5.41) is 6.03. The SMILES string of the molecule is CCOC(=O)CCN1C=CC(c2ccccn2)C=N1. The highest BCUT2D eigenvalue weighted by Gasteiger charge is 2.12. The van der Waals surface area contributed by atoms with Crippen molar-refractivity contribution in [3.05, 3.63) is 42.4 Å². The molecule has 2 rings (SSSR count). The predicted octanol–water partition coefficient (Wildman–Crippen LogP) is 1.93. The van der Waals surface area contributed by atoms with Gasteiger partial charge in [0.15, 0.2) is 0 Å². The van der Waals surface area contributed by atoms with Gasteiger partial charge in [0.05, 0.1) is 31.2 Å². The molecule has 0 radical (unpaired) electrons. The Hall–Kier alpha value is -2.17. The molecule has 0 N–H and O–H groups in total. The van der Waals surface area contributed by atoms with Gasteiger partial charge in [-0.05, 0) is 19.1 Å². The summed E-state index contributed by atoms with van der Waals surface area (Å²) in [6.07, 6.45) is 7.82. The molecule has 5 nitrogen and oxygen atoms in total. The van der Waals surface area contributed by atoms with Crippen molar-refractivity contribution >= 4 is 12.2 Å². The molecule has 1 unspecified atom stereocenters. The van der Waals surface area contributed by atoms with Crippen LogP contribution in [0.3, 0.4) is 0 Å². The van der Waals surface area contributed by atoms with Crippen LogP contribution in [-0.2, 0) is 9.53 Å². The number of hydrogen-bond acceptors (Lipinski definition) is 5. The van der Waals surface area contributed by atoms with Gasteiger partial charge in [-0.3, -0.25) is 14.8 Å². The molecule has 1 aliphatic heterocycles. The summed E-state index contributed by atoms with van der Waals surface area (Å²) in [5.74, 6) is -0.0991. The number of carbonyl (C=O) groups excluding carboxylic acids is 1. The van der Waals surface area contributed by atoms with Gasteiger partial charge in [0.2, 0.25) is 0 Å². The van der Waals surface area contributed by atoms with Crippen molar-refractivity contribution in [2.45, 2.75) is 19.3 Å². The molecule has 1 aromatic heterocycles. The van der Waals surface area contributed by atoms with E-state index >= 15 is 0 Å². The zero-order chi connectivity index (χ0) is 13.5. The van der Waals surface area contributed by atoms with E-state index < -0.39 is 0 Å². The topological polar surface area (TPSA) is 54.8 Å². The Labute approximate surface area is 112 Å². The van der Waals surface area contributed by atoms with Crippen molar-refractivity contribution < 1.29 is 9.53 Å². The number of allylic oxidation sites excluding steroid dienone is 1. The fourth-order valence-electron chi connectivity index (χ4n) is 1.76. The van der Waals surface area contributed by atoms with E-state index in [2.05, 4.69) is 10.1 Å². The quantitative estimate of drug-likeness (QED) is 0.758. The van der Waals surface area contributed by atoms with Crippen LogP contribution >= 0.6 is 0 Å². The smallest absolute Gasteiger partial charge is 0.307 e. The molecule has 0 fully saturated rings. The standard InChI is InChI=1S/C14H17N3O2/c1-2-19-14(18)7-10-17-9-6-12(11-16-17)13-5-3-4-8-15-13/h3-6,8-9,11-12H,2,7,10H2,1H3. The summed E-state index contributed by atoms with van der Waals surface area (Å²) < 4.78 is 4.87. The first kappa shape index (κ1) is 13.3. The Morgan fingerprint density at radius 2 is 2.37 bits per heavy atom. The molecule has 19 heavy (non-hydrogen) atoms. The van der Waals surface area contributed by atoms with Gasteiger partial charge in [-0.2, -0.15) is 5.10 Å². The number of carbonyl (C=O) groups is 1. The lowest BCUT2D eigenvalue weighted by Gasteiger charge is -2.19. The molecule has 1 aromatic rings. The molecule has 100 valence electrons. The average Bonchev–Trinajstić information content (AvgIpc) is 2.47. The number of hydrogen-bond donors (Lipinski definition) is 0. The van der Waals surface area contributed by atoms with E-state index in [9.17, 15) is 4.79 Å². The minimum Gasteiger partial charge on any atom is -0.466 e. The highest BCUT2D eigenvalue weighted by atomic mass is 16.5. The molecule has 5 heteroatoms. The molecule has 0 aliphatic carbocycles. The third-order valence-corrected chi connectivity index (χ3v) is 2.72. The first-order chi connectivity index (χ1) is 9.29. The third kappa shape index (κ3) is 3.91. The fraction of sp³-hybridized carbons (Fsp3) is 0.357. The Morgan fingerprint density at radius 1 is 1.47 bits per heavy atom. The van der Waals surface area contributed by atoms with E-state index in [1.807, 2.05) is 36.7 Å². The summed E-state index contributed by atoms with van der Waals surface area (Å²) in [5.41, 5.74) is 0.965. The number of ether oxygens (including phenoxy) is 1. The molecule has 2 heterocycles. The maximum Gasteiger partial charge on any atom is 0.307 e. The number of nitrogens with zero attached hydrogens (tertiary/aromatic N) is 3. The van der Waals surface area contributed by atoms with Crippen LogP contribution in [0.4, 0.5) is 0 Å². The second-order valence-electron chi connectivity index (χ2n) is 4.10. The highest BCUT2D eigenvalue weighted by molar-refractivity contribution is 5.71. The van der Waals surface area contributed by atoms with Crippen LogP contribution in [0.1, 0.15) is 25.0 Å². The highest BCUT2D eigenvalue weighted by Crippen LogP contribution is 2.16. The van der Waals surface area contributed by atoms with Crippen molar-refractivity contribution in [2.24, 2.45) is 5.10 Å². The first-order valence-electron chi connectivity index (χ1n) is 6.35. The molecule has 0 aromatic carbocycles. The zero-order valence-corrected chi connectivity index (χ0v) is 10.9. The van der Waals surface area contributed by atoms with E-state index in [1.165, 1.54) is 0 Å². The third-order valence-electron chi connectivity index (χ3n) is 2.72. The first-order valence-corrected chi connectivity index (χ1v) is 6.35. The van der Waals surface area contributed by atoms with Crippen molar-refractivity contribution in [3.8, 4) is 0 Å². The molecule has 0 spiro atoms. The lowest BCUT2D eigenvalue weighted by Crippen LogP contribution is -2.20. The van der Waals surface area contributed by atoms with Crippen molar-refractivity contribution in [1.82, 2.24) is 9.99 Å². The van der Waals surface area contributed by atoms with Gasteiger partial charge >= 0.3 is 5.97 Å². The molecular weight excluding hydrogens is 242 g/mol. The number of hydrazone groups is 1. The molecule has 0 amide bonds. The van der Waals surface area contributed by atoms with Crippen LogP contribution in [0.5, 0.6) is 0 Å². The molecule has 1 aliphatic rings. The zero-order valence-electron chi connectivity index (χ0n) is 10.9. The summed E-state index contributed by atoms with van der Waals surface area (Å²) >= 11 is 0. The number of pyridine rings is 1. The minimum atomic E-state index is -0.196.